The van der Waals surface area contributed by atoms with Gasteiger partial charge in [-0.05, 0) is 54.2 Å². The van der Waals surface area contributed by atoms with E-state index in [-0.39, 0.29) is 6.03 Å². The van der Waals surface area contributed by atoms with Crippen LogP contribution in [0.5, 0.6) is 0 Å². The van der Waals surface area contributed by atoms with Crippen LogP contribution in [-0.2, 0) is 13.1 Å². The maximum absolute atomic E-state index is 12.4. The largest absolute Gasteiger partial charge is 0.465 e. The van der Waals surface area contributed by atoms with Crippen LogP contribution in [0.2, 0.25) is 0 Å². The lowest BCUT2D eigenvalue weighted by atomic mass is 9.76. The van der Waals surface area contributed by atoms with Crippen LogP contribution in [0.3, 0.4) is 0 Å². The van der Waals surface area contributed by atoms with Gasteiger partial charge < -0.3 is 20.2 Å². The Balaban J connectivity index is 1.26. The van der Waals surface area contributed by atoms with Gasteiger partial charge in [-0.15, -0.1) is 0 Å². The summed E-state index contributed by atoms with van der Waals surface area (Å²) >= 11 is 0. The Morgan fingerprint density at radius 2 is 1.96 bits per heavy atom. The number of hydrogen-bond acceptors (Lipinski definition) is 3. The molecule has 3 heterocycles. The molecule has 25 heavy (non-hydrogen) atoms. The molecule has 134 valence electrons. The Kier molecular flexibility index (Phi) is 4.23. The maximum atomic E-state index is 12.4. The van der Waals surface area contributed by atoms with E-state index in [4.69, 9.17) is 5.11 Å². The second kappa shape index (κ2) is 6.54. The van der Waals surface area contributed by atoms with Crippen molar-refractivity contribution in [1.29, 1.82) is 0 Å². The molecule has 1 aromatic heterocycles. The Labute approximate surface area is 147 Å². The molecule has 0 aromatic carbocycles. The van der Waals surface area contributed by atoms with E-state index in [1.165, 1.54) is 5.56 Å². The third-order valence-corrected chi connectivity index (χ3v) is 5.98. The van der Waals surface area contributed by atoms with Gasteiger partial charge in [0.25, 0.3) is 0 Å². The molecule has 1 aliphatic carbocycles. The number of aromatic nitrogens is 1. The quantitative estimate of drug-likeness (QED) is 0.861. The average molecular weight is 344 g/mol. The van der Waals surface area contributed by atoms with E-state index in [0.29, 0.717) is 50.5 Å². The fraction of sp³-hybridized carbons (Fsp3) is 0.611. The highest BCUT2D eigenvalue weighted by Gasteiger charge is 2.39. The van der Waals surface area contributed by atoms with Crippen LogP contribution >= 0.6 is 0 Å². The van der Waals surface area contributed by atoms with E-state index in [1.807, 2.05) is 17.2 Å². The molecule has 1 saturated carbocycles. The summed E-state index contributed by atoms with van der Waals surface area (Å²) < 4.78 is 0. The molecule has 7 heteroatoms. The summed E-state index contributed by atoms with van der Waals surface area (Å²) in [6.07, 6.45) is 5.94. The minimum Gasteiger partial charge on any atom is -0.465 e. The Hall–Kier alpha value is -2.31. The topological polar surface area (TPSA) is 85.8 Å². The van der Waals surface area contributed by atoms with Crippen molar-refractivity contribution in [2.45, 2.75) is 32.4 Å². The summed E-state index contributed by atoms with van der Waals surface area (Å²) in [5.74, 6) is 1.41. The molecule has 1 aromatic rings. The SMILES string of the molecule is O=C(O)N1CC2CCC(CNC(=O)N3Cc4ccncc4C3)CC2C1. The zero-order valence-corrected chi connectivity index (χ0v) is 14.2. The highest BCUT2D eigenvalue weighted by atomic mass is 16.4. The van der Waals surface area contributed by atoms with Gasteiger partial charge in [0.15, 0.2) is 0 Å². The Bertz CT molecular complexity index is 655. The molecule has 0 bridgehead atoms. The highest BCUT2D eigenvalue weighted by Crippen LogP contribution is 2.38. The van der Waals surface area contributed by atoms with Gasteiger partial charge in [0.05, 0.1) is 0 Å². The molecule has 4 rings (SSSR count). The molecule has 2 fully saturated rings. The van der Waals surface area contributed by atoms with Crippen molar-refractivity contribution in [2.75, 3.05) is 19.6 Å². The van der Waals surface area contributed by atoms with Crippen LogP contribution < -0.4 is 5.32 Å². The summed E-state index contributed by atoms with van der Waals surface area (Å²) in [4.78, 5) is 31.1. The van der Waals surface area contributed by atoms with Gasteiger partial charge in [-0.3, -0.25) is 4.98 Å². The molecule has 2 N–H and O–H groups in total. The number of carbonyl (C=O) groups excluding carboxylic acids is 1. The summed E-state index contributed by atoms with van der Waals surface area (Å²) in [5.41, 5.74) is 2.29. The predicted octanol–water partition coefficient (Wildman–Crippen LogP) is 2.13. The van der Waals surface area contributed by atoms with E-state index in [2.05, 4.69) is 10.3 Å². The minimum absolute atomic E-state index is 0.0168. The number of nitrogens with one attached hydrogen (secondary N) is 1. The molecule has 3 unspecified atom stereocenters. The molecule has 3 amide bonds. The smallest absolute Gasteiger partial charge is 0.407 e. The monoisotopic (exact) mass is 344 g/mol. The molecule has 0 radical (unpaired) electrons. The van der Waals surface area contributed by atoms with Crippen molar-refractivity contribution in [3.05, 3.63) is 29.6 Å². The zero-order valence-electron chi connectivity index (χ0n) is 14.2. The molecular formula is C18H24N4O3. The Morgan fingerprint density at radius 3 is 2.76 bits per heavy atom. The number of nitrogens with zero attached hydrogens (tertiary/aromatic N) is 3. The molecule has 2 aliphatic heterocycles. The number of amides is 3. The number of likely N-dealkylation sites (tertiary alicyclic amines) is 1. The van der Waals surface area contributed by atoms with E-state index in [1.54, 1.807) is 11.1 Å². The maximum Gasteiger partial charge on any atom is 0.407 e. The van der Waals surface area contributed by atoms with Gasteiger partial charge in [0.2, 0.25) is 0 Å². The van der Waals surface area contributed by atoms with Gasteiger partial charge in [-0.1, -0.05) is 0 Å². The second-order valence-corrected chi connectivity index (χ2v) is 7.57. The van der Waals surface area contributed by atoms with Crippen molar-refractivity contribution in [3.8, 4) is 0 Å². The third-order valence-electron chi connectivity index (χ3n) is 5.98. The third kappa shape index (κ3) is 3.27. The molecule has 7 nitrogen and oxygen atoms in total. The van der Waals surface area contributed by atoms with Crippen LogP contribution in [0.15, 0.2) is 18.5 Å². The number of rotatable bonds is 2. The van der Waals surface area contributed by atoms with Crippen LogP contribution in [0, 0.1) is 17.8 Å². The van der Waals surface area contributed by atoms with Crippen LogP contribution in [0.1, 0.15) is 30.4 Å². The number of pyridine rings is 1. The number of carboxylic acid groups (broad SMARTS) is 1. The van der Waals surface area contributed by atoms with Crippen molar-refractivity contribution >= 4 is 12.1 Å². The number of fused-ring (bicyclic) bond motifs is 2. The summed E-state index contributed by atoms with van der Waals surface area (Å²) in [5, 5.41) is 12.2. The minimum atomic E-state index is -0.803. The average Bonchev–Trinajstić information content (AvgIpc) is 3.23. The van der Waals surface area contributed by atoms with E-state index < -0.39 is 6.09 Å². The summed E-state index contributed by atoms with van der Waals surface area (Å²) in [7, 11) is 0. The van der Waals surface area contributed by atoms with Crippen LogP contribution in [0.25, 0.3) is 0 Å². The Morgan fingerprint density at radius 1 is 1.16 bits per heavy atom. The number of carbonyl (C=O) groups is 2. The van der Waals surface area contributed by atoms with Crippen molar-refractivity contribution in [3.63, 3.8) is 0 Å². The first kappa shape index (κ1) is 16.2. The van der Waals surface area contributed by atoms with Crippen LogP contribution in [-0.4, -0.2) is 51.6 Å². The highest BCUT2D eigenvalue weighted by molar-refractivity contribution is 5.75. The van der Waals surface area contributed by atoms with E-state index in [0.717, 1.165) is 24.8 Å². The summed E-state index contributed by atoms with van der Waals surface area (Å²) in [6.45, 7) is 3.28. The normalized spacial score (nSPS) is 27.8. The fourth-order valence-electron chi connectivity index (χ4n) is 4.58. The lowest BCUT2D eigenvalue weighted by Crippen LogP contribution is -2.40. The first-order valence-corrected chi connectivity index (χ1v) is 9.02. The van der Waals surface area contributed by atoms with Gasteiger partial charge in [0, 0.05) is 45.1 Å². The van der Waals surface area contributed by atoms with Crippen molar-refractivity contribution < 1.29 is 14.7 Å². The molecule has 0 spiro atoms. The lowest BCUT2D eigenvalue weighted by Gasteiger charge is -2.31. The molecule has 3 aliphatic rings. The molecule has 1 saturated heterocycles. The zero-order chi connectivity index (χ0) is 17.4. The lowest BCUT2D eigenvalue weighted by molar-refractivity contribution is 0.153. The van der Waals surface area contributed by atoms with Gasteiger partial charge in [-0.2, -0.15) is 0 Å². The molecule has 3 atom stereocenters. The first-order valence-electron chi connectivity index (χ1n) is 9.02. The standard InChI is InChI=1S/C18H24N4O3/c23-17(21-8-14-3-4-19-7-16(14)11-21)20-6-12-1-2-13-9-22(18(24)25)10-15(13)5-12/h3-4,7,12-13,15H,1-2,5-6,8-11H2,(H,20,23)(H,24,25). The predicted molar refractivity (Wildman–Crippen MR) is 90.8 cm³/mol. The van der Waals surface area contributed by atoms with E-state index in [9.17, 15) is 9.59 Å². The number of hydrogen-bond donors (Lipinski definition) is 2. The first-order chi connectivity index (χ1) is 12.1. The summed E-state index contributed by atoms with van der Waals surface area (Å²) in [6, 6.07) is 1.95. The fourth-order valence-corrected chi connectivity index (χ4v) is 4.58. The molecular weight excluding hydrogens is 320 g/mol. The van der Waals surface area contributed by atoms with E-state index >= 15 is 0 Å². The van der Waals surface area contributed by atoms with Crippen molar-refractivity contribution in [2.24, 2.45) is 17.8 Å². The van der Waals surface area contributed by atoms with Crippen LogP contribution in [0.4, 0.5) is 9.59 Å². The number of urea groups is 1. The van der Waals surface area contributed by atoms with Crippen molar-refractivity contribution in [1.82, 2.24) is 20.1 Å². The van der Waals surface area contributed by atoms with Gasteiger partial charge in [0.1, 0.15) is 0 Å². The second-order valence-electron chi connectivity index (χ2n) is 7.57. The van der Waals surface area contributed by atoms with Gasteiger partial charge in [-0.25, -0.2) is 9.59 Å². The van der Waals surface area contributed by atoms with Gasteiger partial charge >= 0.3 is 12.1 Å².